The number of carbonyl (C=O) groups is 2. The van der Waals surface area contributed by atoms with Gasteiger partial charge in [0.2, 0.25) is 0 Å². The number of Topliss-reactive ketones (excluding diaryl/α,β-unsaturated/α-hetero) is 1. The summed E-state index contributed by atoms with van der Waals surface area (Å²) in [5, 5.41) is 8.46. The molecule has 0 aromatic carbocycles. The highest BCUT2D eigenvalue weighted by atomic mass is 16.4. The van der Waals surface area contributed by atoms with Gasteiger partial charge in [-0.2, -0.15) is 0 Å². The number of aromatic nitrogens is 1. The second kappa shape index (κ2) is 8.39. The Morgan fingerprint density at radius 1 is 1.06 bits per heavy atom. The monoisotopic (exact) mass is 249 g/mol. The minimum Gasteiger partial charge on any atom is -0.481 e. The summed E-state index contributed by atoms with van der Waals surface area (Å²) in [5.41, 5.74) is 0.670. The second-order valence-corrected chi connectivity index (χ2v) is 4.33. The number of pyridine rings is 1. The van der Waals surface area contributed by atoms with Gasteiger partial charge in [0.15, 0.2) is 5.78 Å². The molecule has 1 N–H and O–H groups in total. The normalized spacial score (nSPS) is 10.2. The Balaban J connectivity index is 2.05. The molecule has 4 heteroatoms. The average Bonchev–Trinajstić information content (AvgIpc) is 2.38. The quantitative estimate of drug-likeness (QED) is 0.539. The van der Waals surface area contributed by atoms with Crippen LogP contribution in [0.5, 0.6) is 0 Å². The second-order valence-electron chi connectivity index (χ2n) is 4.33. The van der Waals surface area contributed by atoms with E-state index in [4.69, 9.17) is 5.11 Å². The third-order valence-corrected chi connectivity index (χ3v) is 2.78. The average molecular weight is 249 g/mol. The third-order valence-electron chi connectivity index (χ3n) is 2.78. The lowest BCUT2D eigenvalue weighted by molar-refractivity contribution is -0.137. The Labute approximate surface area is 107 Å². The number of aliphatic carboxylic acids is 1. The summed E-state index contributed by atoms with van der Waals surface area (Å²) in [6.45, 7) is 0. The minimum absolute atomic E-state index is 0.133. The smallest absolute Gasteiger partial charge is 0.303 e. The fourth-order valence-electron chi connectivity index (χ4n) is 1.76. The van der Waals surface area contributed by atoms with Crippen LogP contribution in [0, 0.1) is 0 Å². The number of ketones is 1. The molecule has 0 spiro atoms. The van der Waals surface area contributed by atoms with Crippen LogP contribution in [0.15, 0.2) is 24.5 Å². The van der Waals surface area contributed by atoms with E-state index in [1.165, 1.54) is 0 Å². The maximum absolute atomic E-state index is 11.7. The van der Waals surface area contributed by atoms with Crippen molar-refractivity contribution in [2.24, 2.45) is 0 Å². The maximum atomic E-state index is 11.7. The number of carboxylic acid groups (broad SMARTS) is 1. The molecule has 1 rings (SSSR count). The largest absolute Gasteiger partial charge is 0.481 e. The summed E-state index contributed by atoms with van der Waals surface area (Å²) in [6.07, 6.45) is 8.52. The number of hydrogen-bond acceptors (Lipinski definition) is 3. The Morgan fingerprint density at radius 3 is 2.33 bits per heavy atom. The Hall–Kier alpha value is -1.71. The topological polar surface area (TPSA) is 67.3 Å². The van der Waals surface area contributed by atoms with Crippen LogP contribution in [-0.2, 0) is 4.79 Å². The van der Waals surface area contributed by atoms with E-state index in [0.717, 1.165) is 32.1 Å². The summed E-state index contributed by atoms with van der Waals surface area (Å²) in [6, 6.07) is 3.54. The van der Waals surface area contributed by atoms with Gasteiger partial charge >= 0.3 is 5.97 Å². The van der Waals surface area contributed by atoms with Crippen LogP contribution in [-0.4, -0.2) is 21.8 Å². The van der Waals surface area contributed by atoms with Gasteiger partial charge in [-0.3, -0.25) is 14.6 Å². The Kier molecular flexibility index (Phi) is 6.69. The van der Waals surface area contributed by atoms with Gasteiger partial charge in [-0.25, -0.2) is 0 Å². The molecular weight excluding hydrogens is 230 g/mol. The first-order chi connectivity index (χ1) is 8.70. The first kappa shape index (κ1) is 14.4. The highest BCUT2D eigenvalue weighted by Gasteiger charge is 2.04. The molecule has 0 saturated carbocycles. The number of rotatable bonds is 9. The number of carboxylic acids is 1. The zero-order valence-corrected chi connectivity index (χ0v) is 10.5. The summed E-state index contributed by atoms with van der Waals surface area (Å²) in [7, 11) is 0. The zero-order valence-electron chi connectivity index (χ0n) is 10.5. The molecule has 0 aliphatic rings. The Bertz CT molecular complexity index is 376. The lowest BCUT2D eigenvalue weighted by Crippen LogP contribution is -1.99. The summed E-state index contributed by atoms with van der Waals surface area (Å²) in [5.74, 6) is -0.601. The van der Waals surface area contributed by atoms with Crippen LogP contribution in [0.4, 0.5) is 0 Å². The van der Waals surface area contributed by atoms with Crippen molar-refractivity contribution in [2.45, 2.75) is 44.9 Å². The molecule has 0 amide bonds. The van der Waals surface area contributed by atoms with Crippen molar-refractivity contribution in [2.75, 3.05) is 0 Å². The third kappa shape index (κ3) is 6.13. The summed E-state index contributed by atoms with van der Waals surface area (Å²) in [4.78, 5) is 25.9. The van der Waals surface area contributed by atoms with Crippen LogP contribution < -0.4 is 0 Å². The van der Waals surface area contributed by atoms with Crippen molar-refractivity contribution in [3.05, 3.63) is 30.1 Å². The van der Waals surface area contributed by atoms with Gasteiger partial charge in [-0.1, -0.05) is 19.3 Å². The lowest BCUT2D eigenvalue weighted by atomic mass is 10.0. The molecule has 0 fully saturated rings. The van der Waals surface area contributed by atoms with Gasteiger partial charge in [-0.15, -0.1) is 0 Å². The van der Waals surface area contributed by atoms with Crippen molar-refractivity contribution < 1.29 is 14.7 Å². The van der Waals surface area contributed by atoms with E-state index >= 15 is 0 Å². The first-order valence-corrected chi connectivity index (χ1v) is 6.35. The predicted molar refractivity (Wildman–Crippen MR) is 68.5 cm³/mol. The van der Waals surface area contributed by atoms with Crippen LogP contribution in [0.1, 0.15) is 55.3 Å². The van der Waals surface area contributed by atoms with Gasteiger partial charge in [0.05, 0.1) is 0 Å². The molecule has 0 saturated heterocycles. The van der Waals surface area contributed by atoms with Gasteiger partial charge in [0, 0.05) is 30.8 Å². The van der Waals surface area contributed by atoms with Gasteiger partial charge < -0.3 is 5.11 Å². The summed E-state index contributed by atoms with van der Waals surface area (Å²) < 4.78 is 0. The van der Waals surface area contributed by atoms with E-state index < -0.39 is 5.97 Å². The van der Waals surface area contributed by atoms with Crippen molar-refractivity contribution in [3.8, 4) is 0 Å². The fraction of sp³-hybridized carbons (Fsp3) is 0.500. The van der Waals surface area contributed by atoms with E-state index in [9.17, 15) is 9.59 Å². The molecule has 0 aliphatic carbocycles. The van der Waals surface area contributed by atoms with Gasteiger partial charge in [-0.05, 0) is 25.0 Å². The van der Waals surface area contributed by atoms with Crippen LogP contribution in [0.2, 0.25) is 0 Å². The summed E-state index contributed by atoms with van der Waals surface area (Å²) >= 11 is 0. The molecule has 1 aromatic heterocycles. The highest BCUT2D eigenvalue weighted by molar-refractivity contribution is 5.95. The Morgan fingerprint density at radius 2 is 1.72 bits per heavy atom. The molecule has 0 atom stereocenters. The highest BCUT2D eigenvalue weighted by Crippen LogP contribution is 2.10. The molecule has 0 radical (unpaired) electrons. The van der Waals surface area contributed by atoms with Crippen molar-refractivity contribution in [1.29, 1.82) is 0 Å². The van der Waals surface area contributed by atoms with Crippen LogP contribution in [0.25, 0.3) is 0 Å². The van der Waals surface area contributed by atoms with Gasteiger partial charge in [0.1, 0.15) is 0 Å². The first-order valence-electron chi connectivity index (χ1n) is 6.35. The maximum Gasteiger partial charge on any atom is 0.303 e. The van der Waals surface area contributed by atoms with Crippen LogP contribution in [0.3, 0.4) is 0 Å². The minimum atomic E-state index is -0.734. The van der Waals surface area contributed by atoms with E-state index in [2.05, 4.69) is 4.98 Å². The molecule has 0 unspecified atom stereocenters. The zero-order chi connectivity index (χ0) is 13.2. The number of unbranched alkanes of at least 4 members (excludes halogenated alkanes) is 4. The predicted octanol–water partition coefficient (Wildman–Crippen LogP) is 3.08. The molecule has 0 aliphatic heterocycles. The van der Waals surface area contributed by atoms with E-state index in [1.54, 1.807) is 24.5 Å². The molecule has 1 heterocycles. The lowest BCUT2D eigenvalue weighted by Gasteiger charge is -2.01. The van der Waals surface area contributed by atoms with Crippen molar-refractivity contribution in [1.82, 2.24) is 4.98 Å². The number of hydrogen-bond donors (Lipinski definition) is 1. The van der Waals surface area contributed by atoms with E-state index in [0.29, 0.717) is 12.0 Å². The molecule has 0 bridgehead atoms. The van der Waals surface area contributed by atoms with E-state index in [1.807, 2.05) is 0 Å². The van der Waals surface area contributed by atoms with Crippen molar-refractivity contribution in [3.63, 3.8) is 0 Å². The molecule has 18 heavy (non-hydrogen) atoms. The standard InChI is InChI=1S/C14H19NO3/c16-13(12-7-6-10-15-11-12)8-4-2-1-3-5-9-14(17)18/h6-7,10-11H,1-5,8-9H2,(H,17,18). The molecule has 98 valence electrons. The molecule has 4 nitrogen and oxygen atoms in total. The molecular formula is C14H19NO3. The number of nitrogens with zero attached hydrogens (tertiary/aromatic N) is 1. The molecule has 1 aromatic rings. The SMILES string of the molecule is O=C(O)CCCCCCCC(=O)c1cccnc1. The van der Waals surface area contributed by atoms with Crippen molar-refractivity contribution >= 4 is 11.8 Å². The fourth-order valence-corrected chi connectivity index (χ4v) is 1.76. The van der Waals surface area contributed by atoms with Crippen LogP contribution >= 0.6 is 0 Å². The van der Waals surface area contributed by atoms with Gasteiger partial charge in [0.25, 0.3) is 0 Å². The van der Waals surface area contributed by atoms with E-state index in [-0.39, 0.29) is 12.2 Å². The number of carbonyl (C=O) groups excluding carboxylic acids is 1.